The minimum atomic E-state index is -1.49. The lowest BCUT2D eigenvalue weighted by atomic mass is 9.66. The summed E-state index contributed by atoms with van der Waals surface area (Å²) < 4.78 is 57.6. The van der Waals surface area contributed by atoms with Gasteiger partial charge in [0.05, 0.1) is 52.2 Å². The van der Waals surface area contributed by atoms with Crippen molar-refractivity contribution >= 4 is 12.1 Å². The topological polar surface area (TPSA) is 219 Å². The minimum Gasteiger partial charge on any atom is -0.493 e. The van der Waals surface area contributed by atoms with Gasteiger partial charge in [0.2, 0.25) is 12.5 Å². The Labute approximate surface area is 285 Å². The van der Waals surface area contributed by atoms with E-state index in [0.29, 0.717) is 28.2 Å². The van der Waals surface area contributed by atoms with Crippen LogP contribution in [0.15, 0.2) is 24.3 Å². The molecule has 0 spiro atoms. The number of esters is 1. The fourth-order valence-electron chi connectivity index (χ4n) is 7.22. The first kappa shape index (κ1) is 34.5. The highest BCUT2D eigenvalue weighted by atomic mass is 16.8. The molecule has 4 aliphatic heterocycles. The van der Waals surface area contributed by atoms with E-state index >= 15 is 0 Å². The Balaban J connectivity index is 1.26. The summed E-state index contributed by atoms with van der Waals surface area (Å²) in [7, 11) is 2.75. The van der Waals surface area contributed by atoms with Crippen LogP contribution in [0, 0.1) is 11.8 Å². The lowest BCUT2D eigenvalue weighted by Crippen LogP contribution is -2.63. The normalized spacial score (nSPS) is 33.0. The van der Waals surface area contributed by atoms with E-state index in [1.807, 2.05) is 0 Å². The number of cyclic esters (lactones) is 1. The fourth-order valence-corrected chi connectivity index (χ4v) is 7.22. The second-order valence-corrected chi connectivity index (χ2v) is 12.6. The molecule has 1 amide bonds. The molecule has 4 heterocycles. The average molecular weight is 706 g/mol. The van der Waals surface area contributed by atoms with Crippen LogP contribution < -0.4 is 29.0 Å². The van der Waals surface area contributed by atoms with Gasteiger partial charge in [-0.25, -0.2) is 4.79 Å². The standard InChI is InChI=1S/C33H39NO16/c1-13-43-11-23-30(47-13)26(37)27(38)32(48-23)49-28-17-7-20-19(45-12-46-20)6-16(17)24(25-18(28)10-44-31(25)39)14-4-21(41-2)29(22(5-14)42-3)50-33(40)34-8-15(36)9-35/h4-7,13,15,18,23-28,30,32,35-38H,8-12H2,1-3H3,(H,34,40)/t13?,15?,18?,23?,24-,25?,26?,27?,28?,30?,32?/m1/s1. The number of nitrogens with one attached hydrogen (secondary N) is 1. The second kappa shape index (κ2) is 14.0. The summed E-state index contributed by atoms with van der Waals surface area (Å²) in [4.78, 5) is 26.2. The molecule has 11 atom stereocenters. The smallest absolute Gasteiger partial charge is 0.412 e. The number of fused-ring (bicyclic) bond motifs is 4. The number of rotatable bonds is 9. The van der Waals surface area contributed by atoms with Gasteiger partial charge in [-0.3, -0.25) is 4.79 Å². The predicted molar refractivity (Wildman–Crippen MR) is 164 cm³/mol. The first-order valence-corrected chi connectivity index (χ1v) is 16.2. The number of aliphatic hydroxyl groups excluding tert-OH is 4. The van der Waals surface area contributed by atoms with E-state index in [-0.39, 0.29) is 43.8 Å². The molecule has 17 nitrogen and oxygen atoms in total. The SMILES string of the molecule is COc1cc([C@@H]2c3cc4c(cc3C(OC3OC5COC(C)OC5C(O)C3O)C3COC(=O)C32)OCO4)cc(OC)c1OC(=O)NCC(O)CO. The van der Waals surface area contributed by atoms with Gasteiger partial charge in [-0.05, 0) is 47.9 Å². The Hall–Kier alpha value is -3.94. The first-order valence-electron chi connectivity index (χ1n) is 16.2. The second-order valence-electron chi connectivity index (χ2n) is 12.6. The van der Waals surface area contributed by atoms with Crippen LogP contribution in [0.4, 0.5) is 4.79 Å². The zero-order chi connectivity index (χ0) is 35.3. The number of carbonyl (C=O) groups is 2. The Morgan fingerprint density at radius 3 is 2.36 bits per heavy atom. The molecule has 5 aliphatic rings. The van der Waals surface area contributed by atoms with Crippen molar-refractivity contribution in [1.29, 1.82) is 0 Å². The van der Waals surface area contributed by atoms with Crippen LogP contribution in [-0.4, -0.2) is 123 Å². The highest BCUT2D eigenvalue weighted by Gasteiger charge is 2.56. The molecule has 3 fully saturated rings. The van der Waals surface area contributed by atoms with Crippen molar-refractivity contribution in [2.45, 2.75) is 62.0 Å². The van der Waals surface area contributed by atoms with Crippen molar-refractivity contribution in [3.05, 3.63) is 41.0 Å². The largest absolute Gasteiger partial charge is 0.493 e. The molecule has 3 saturated heterocycles. The Bertz CT molecular complexity index is 1580. The quantitative estimate of drug-likeness (QED) is 0.218. The van der Waals surface area contributed by atoms with Crippen LogP contribution in [0.1, 0.15) is 35.6 Å². The molecule has 7 rings (SSSR count). The average Bonchev–Trinajstić information content (AvgIpc) is 3.74. The molecular weight excluding hydrogens is 666 g/mol. The number of ether oxygens (including phenoxy) is 10. The molecule has 0 bridgehead atoms. The van der Waals surface area contributed by atoms with Crippen LogP contribution in [0.3, 0.4) is 0 Å². The van der Waals surface area contributed by atoms with Crippen molar-refractivity contribution in [2.24, 2.45) is 11.8 Å². The van der Waals surface area contributed by atoms with E-state index in [1.165, 1.54) is 14.2 Å². The van der Waals surface area contributed by atoms with Gasteiger partial charge in [-0.15, -0.1) is 0 Å². The Kier molecular flexibility index (Phi) is 9.66. The number of hydrogen-bond acceptors (Lipinski definition) is 16. The number of amides is 1. The van der Waals surface area contributed by atoms with E-state index in [4.69, 9.17) is 52.5 Å². The molecular formula is C33H39NO16. The molecule has 5 N–H and O–H groups in total. The van der Waals surface area contributed by atoms with Crippen LogP contribution in [0.25, 0.3) is 0 Å². The Morgan fingerprint density at radius 2 is 1.68 bits per heavy atom. The van der Waals surface area contributed by atoms with E-state index in [9.17, 15) is 24.9 Å². The summed E-state index contributed by atoms with van der Waals surface area (Å²) >= 11 is 0. The van der Waals surface area contributed by atoms with Gasteiger partial charge in [0.25, 0.3) is 0 Å². The first-order chi connectivity index (χ1) is 24.1. The van der Waals surface area contributed by atoms with Gasteiger partial charge in [-0.1, -0.05) is 0 Å². The van der Waals surface area contributed by atoms with Gasteiger partial charge in [0.15, 0.2) is 35.6 Å². The highest BCUT2D eigenvalue weighted by Crippen LogP contribution is 2.57. The maximum Gasteiger partial charge on any atom is 0.412 e. The maximum absolute atomic E-state index is 13.6. The molecule has 1 aliphatic carbocycles. The van der Waals surface area contributed by atoms with Crippen LogP contribution in [0.5, 0.6) is 28.7 Å². The van der Waals surface area contributed by atoms with Gasteiger partial charge in [-0.2, -0.15) is 0 Å². The minimum absolute atomic E-state index is 0.0188. The molecule has 272 valence electrons. The maximum atomic E-state index is 13.6. The summed E-state index contributed by atoms with van der Waals surface area (Å²) in [6.07, 6.45) is -9.26. The molecule has 0 aromatic heterocycles. The van der Waals surface area contributed by atoms with Crippen molar-refractivity contribution in [2.75, 3.05) is 47.4 Å². The summed E-state index contributed by atoms with van der Waals surface area (Å²) in [5.74, 6) is -1.56. The third kappa shape index (κ3) is 6.17. The molecule has 0 saturated carbocycles. The molecule has 0 radical (unpaired) electrons. The van der Waals surface area contributed by atoms with E-state index in [0.717, 1.165) is 0 Å². The molecule has 17 heteroatoms. The van der Waals surface area contributed by atoms with E-state index < -0.39 is 85.6 Å². The molecule has 2 aromatic carbocycles. The van der Waals surface area contributed by atoms with Crippen LogP contribution in [-0.2, 0) is 28.5 Å². The summed E-state index contributed by atoms with van der Waals surface area (Å²) in [6.45, 7) is 0.944. The van der Waals surface area contributed by atoms with Gasteiger partial charge < -0.3 is 73.1 Å². The van der Waals surface area contributed by atoms with E-state index in [2.05, 4.69) is 5.32 Å². The van der Waals surface area contributed by atoms with Crippen LogP contribution >= 0.6 is 0 Å². The molecule has 2 aromatic rings. The predicted octanol–water partition coefficient (Wildman–Crippen LogP) is 0.0746. The van der Waals surface area contributed by atoms with Crippen molar-refractivity contribution in [3.8, 4) is 28.7 Å². The molecule has 10 unspecified atom stereocenters. The number of carbonyl (C=O) groups excluding carboxylic acids is 2. The lowest BCUT2D eigenvalue weighted by molar-refractivity contribution is -0.364. The summed E-state index contributed by atoms with van der Waals surface area (Å²) in [5.41, 5.74) is 1.78. The van der Waals surface area contributed by atoms with Crippen LogP contribution in [0.2, 0.25) is 0 Å². The lowest BCUT2D eigenvalue weighted by Gasteiger charge is -2.47. The number of benzene rings is 2. The van der Waals surface area contributed by atoms with E-state index in [1.54, 1.807) is 31.2 Å². The zero-order valence-corrected chi connectivity index (χ0v) is 27.4. The highest BCUT2D eigenvalue weighted by molar-refractivity contribution is 5.79. The summed E-state index contributed by atoms with van der Waals surface area (Å²) in [5, 5.41) is 43.1. The monoisotopic (exact) mass is 705 g/mol. The number of hydrogen-bond donors (Lipinski definition) is 5. The number of aliphatic hydroxyl groups is 4. The zero-order valence-electron chi connectivity index (χ0n) is 27.4. The molecule has 50 heavy (non-hydrogen) atoms. The van der Waals surface area contributed by atoms with Gasteiger partial charge in [0.1, 0.15) is 24.4 Å². The van der Waals surface area contributed by atoms with Crippen molar-refractivity contribution in [1.82, 2.24) is 5.32 Å². The number of methoxy groups -OCH3 is 2. The summed E-state index contributed by atoms with van der Waals surface area (Å²) in [6, 6.07) is 6.75. The van der Waals surface area contributed by atoms with Gasteiger partial charge >= 0.3 is 12.1 Å². The Morgan fingerprint density at radius 1 is 0.980 bits per heavy atom. The third-order valence-electron chi connectivity index (χ3n) is 9.61. The van der Waals surface area contributed by atoms with Crippen molar-refractivity contribution in [3.63, 3.8) is 0 Å². The van der Waals surface area contributed by atoms with Gasteiger partial charge in [0, 0.05) is 18.4 Å². The fraction of sp³-hybridized carbons (Fsp3) is 0.576. The van der Waals surface area contributed by atoms with Crippen molar-refractivity contribution < 1.29 is 77.4 Å². The third-order valence-corrected chi connectivity index (χ3v) is 9.61.